The van der Waals surface area contributed by atoms with Crippen LogP contribution in [0.15, 0.2) is 30.6 Å². The van der Waals surface area contributed by atoms with Crippen molar-refractivity contribution >= 4 is 0 Å². The summed E-state index contributed by atoms with van der Waals surface area (Å²) in [4.78, 5) is 4.23. The zero-order valence-electron chi connectivity index (χ0n) is 11.4. The summed E-state index contributed by atoms with van der Waals surface area (Å²) in [5.74, 6) is 1.70. The summed E-state index contributed by atoms with van der Waals surface area (Å²) in [5, 5.41) is 4.19. The highest BCUT2D eigenvalue weighted by Gasteiger charge is 2.09. The van der Waals surface area contributed by atoms with Gasteiger partial charge in [0.15, 0.2) is 5.82 Å². The smallest absolute Gasteiger partial charge is 0.165 e. The first-order valence-electron chi connectivity index (χ1n) is 6.51. The maximum atomic E-state index is 5.85. The van der Waals surface area contributed by atoms with Crippen molar-refractivity contribution in [2.24, 2.45) is 5.73 Å². The average molecular weight is 260 g/mol. The minimum atomic E-state index is 0.278. The maximum Gasteiger partial charge on any atom is 0.165 e. The molecule has 0 radical (unpaired) electrons. The minimum absolute atomic E-state index is 0.278. The van der Waals surface area contributed by atoms with Crippen LogP contribution in [0, 0.1) is 0 Å². The number of benzene rings is 1. The van der Waals surface area contributed by atoms with Gasteiger partial charge >= 0.3 is 0 Å². The normalized spacial score (nSPS) is 10.9. The molecule has 0 unspecified atom stereocenters. The summed E-state index contributed by atoms with van der Waals surface area (Å²) in [5.41, 5.74) is 6.73. The summed E-state index contributed by atoms with van der Waals surface area (Å²) in [6.07, 6.45) is 2.37. The van der Waals surface area contributed by atoms with Crippen molar-refractivity contribution in [3.8, 4) is 5.75 Å². The molecule has 5 heteroatoms. The third-order valence-electron chi connectivity index (χ3n) is 2.88. The van der Waals surface area contributed by atoms with E-state index in [0.29, 0.717) is 13.2 Å². The molecule has 1 aromatic heterocycles. The fraction of sp³-hybridized carbons (Fsp3) is 0.429. The Morgan fingerprint density at radius 2 is 2.11 bits per heavy atom. The van der Waals surface area contributed by atoms with Gasteiger partial charge in [-0.1, -0.05) is 18.2 Å². The quantitative estimate of drug-likeness (QED) is 0.862. The Labute approximate surface area is 113 Å². The average Bonchev–Trinajstić information content (AvgIpc) is 2.86. The van der Waals surface area contributed by atoms with Crippen molar-refractivity contribution in [3.63, 3.8) is 0 Å². The van der Waals surface area contributed by atoms with E-state index in [9.17, 15) is 0 Å². The third kappa shape index (κ3) is 3.32. The van der Waals surface area contributed by atoms with E-state index < -0.39 is 0 Å². The molecule has 19 heavy (non-hydrogen) atoms. The largest absolute Gasteiger partial charge is 0.485 e. The van der Waals surface area contributed by atoms with Crippen LogP contribution in [-0.4, -0.2) is 21.3 Å². The molecule has 5 nitrogen and oxygen atoms in total. The third-order valence-corrected chi connectivity index (χ3v) is 2.88. The Hall–Kier alpha value is -1.88. The fourth-order valence-electron chi connectivity index (χ4n) is 1.96. The lowest BCUT2D eigenvalue weighted by Gasteiger charge is -2.12. The molecule has 0 aliphatic rings. The highest BCUT2D eigenvalue weighted by Crippen LogP contribution is 2.19. The van der Waals surface area contributed by atoms with Crippen LogP contribution in [0.2, 0.25) is 0 Å². The second kappa shape index (κ2) is 6.33. The molecule has 2 aromatic rings. The Morgan fingerprint density at radius 3 is 2.84 bits per heavy atom. The van der Waals surface area contributed by atoms with Gasteiger partial charge in [-0.3, -0.25) is 0 Å². The zero-order chi connectivity index (χ0) is 13.7. The van der Waals surface area contributed by atoms with Gasteiger partial charge in [0.25, 0.3) is 0 Å². The second-order valence-corrected chi connectivity index (χ2v) is 4.65. The maximum absolute atomic E-state index is 5.85. The number of hydrogen-bond acceptors (Lipinski definition) is 4. The molecule has 0 atom stereocenters. The van der Waals surface area contributed by atoms with Crippen LogP contribution in [0.3, 0.4) is 0 Å². The van der Waals surface area contributed by atoms with Gasteiger partial charge in [-0.25, -0.2) is 9.67 Å². The van der Waals surface area contributed by atoms with E-state index >= 15 is 0 Å². The first kappa shape index (κ1) is 13.5. The van der Waals surface area contributed by atoms with Crippen molar-refractivity contribution < 1.29 is 4.74 Å². The SMILES string of the molecule is CC(C)n1ncnc1COc1ccccc1CCN. The first-order chi connectivity index (χ1) is 9.22. The summed E-state index contributed by atoms with van der Waals surface area (Å²) < 4.78 is 7.71. The predicted molar refractivity (Wildman–Crippen MR) is 73.9 cm³/mol. The van der Waals surface area contributed by atoms with E-state index in [1.165, 1.54) is 0 Å². The number of aromatic nitrogens is 3. The molecule has 0 aliphatic carbocycles. The molecule has 2 N–H and O–H groups in total. The number of hydrogen-bond donors (Lipinski definition) is 1. The number of nitrogens with zero attached hydrogens (tertiary/aromatic N) is 3. The summed E-state index contributed by atoms with van der Waals surface area (Å²) in [6.45, 7) is 5.17. The van der Waals surface area contributed by atoms with Crippen LogP contribution >= 0.6 is 0 Å². The van der Waals surface area contributed by atoms with Crippen LogP contribution in [0.25, 0.3) is 0 Å². The van der Waals surface area contributed by atoms with Crippen LogP contribution in [0.4, 0.5) is 0 Å². The Morgan fingerprint density at radius 1 is 1.32 bits per heavy atom. The zero-order valence-corrected chi connectivity index (χ0v) is 11.4. The van der Waals surface area contributed by atoms with Crippen molar-refractivity contribution in [1.29, 1.82) is 0 Å². The first-order valence-corrected chi connectivity index (χ1v) is 6.51. The van der Waals surface area contributed by atoms with Gasteiger partial charge in [0.1, 0.15) is 18.7 Å². The van der Waals surface area contributed by atoms with E-state index in [1.807, 2.05) is 28.9 Å². The molecule has 0 fully saturated rings. The highest BCUT2D eigenvalue weighted by atomic mass is 16.5. The fourth-order valence-corrected chi connectivity index (χ4v) is 1.96. The van der Waals surface area contributed by atoms with Crippen LogP contribution in [0.1, 0.15) is 31.3 Å². The van der Waals surface area contributed by atoms with Gasteiger partial charge in [-0.05, 0) is 38.4 Å². The molecule has 0 saturated carbocycles. The van der Waals surface area contributed by atoms with Crippen LogP contribution in [0.5, 0.6) is 5.75 Å². The van der Waals surface area contributed by atoms with E-state index in [0.717, 1.165) is 23.6 Å². The molecular formula is C14H20N4O. The van der Waals surface area contributed by atoms with Crippen molar-refractivity contribution in [3.05, 3.63) is 42.0 Å². The molecule has 2 rings (SSSR count). The van der Waals surface area contributed by atoms with Crippen LogP contribution in [-0.2, 0) is 13.0 Å². The summed E-state index contributed by atoms with van der Waals surface area (Å²) in [7, 11) is 0. The Kier molecular flexibility index (Phi) is 4.52. The summed E-state index contributed by atoms with van der Waals surface area (Å²) in [6, 6.07) is 8.23. The Balaban J connectivity index is 2.08. The molecule has 1 aromatic carbocycles. The van der Waals surface area contributed by atoms with Gasteiger partial charge in [0, 0.05) is 6.04 Å². The monoisotopic (exact) mass is 260 g/mol. The lowest BCUT2D eigenvalue weighted by atomic mass is 10.1. The molecule has 0 spiro atoms. The predicted octanol–water partition coefficient (Wildman–Crippen LogP) is 1.94. The molecule has 0 bridgehead atoms. The van der Waals surface area contributed by atoms with Gasteiger partial charge in [-0.15, -0.1) is 0 Å². The molecular weight excluding hydrogens is 240 g/mol. The number of para-hydroxylation sites is 1. The summed E-state index contributed by atoms with van der Waals surface area (Å²) >= 11 is 0. The van der Waals surface area contributed by atoms with Gasteiger partial charge in [-0.2, -0.15) is 5.10 Å². The van der Waals surface area contributed by atoms with Crippen molar-refractivity contribution in [2.45, 2.75) is 32.9 Å². The van der Waals surface area contributed by atoms with Crippen molar-refractivity contribution in [1.82, 2.24) is 14.8 Å². The Bertz CT molecular complexity index is 522. The lowest BCUT2D eigenvalue weighted by molar-refractivity contribution is 0.280. The standard InChI is InChI=1S/C14H20N4O/c1-11(2)18-14(16-10-17-18)9-19-13-6-4-3-5-12(13)7-8-15/h3-6,10-11H,7-9,15H2,1-2H3. The van der Waals surface area contributed by atoms with Gasteiger partial charge in [0.05, 0.1) is 0 Å². The van der Waals surface area contributed by atoms with Gasteiger partial charge < -0.3 is 10.5 Å². The van der Waals surface area contributed by atoms with E-state index in [4.69, 9.17) is 10.5 Å². The molecule has 0 amide bonds. The highest BCUT2D eigenvalue weighted by molar-refractivity contribution is 5.33. The van der Waals surface area contributed by atoms with E-state index in [1.54, 1.807) is 6.33 Å². The lowest BCUT2D eigenvalue weighted by Crippen LogP contribution is -2.11. The molecule has 0 saturated heterocycles. The number of nitrogens with two attached hydrogens (primary N) is 1. The number of ether oxygens (including phenoxy) is 1. The van der Waals surface area contributed by atoms with E-state index in [-0.39, 0.29) is 6.04 Å². The molecule has 102 valence electrons. The molecule has 1 heterocycles. The number of rotatable bonds is 6. The van der Waals surface area contributed by atoms with Crippen LogP contribution < -0.4 is 10.5 Å². The van der Waals surface area contributed by atoms with Crippen molar-refractivity contribution in [2.75, 3.05) is 6.54 Å². The van der Waals surface area contributed by atoms with Gasteiger partial charge in [0.2, 0.25) is 0 Å². The van der Waals surface area contributed by atoms with E-state index in [2.05, 4.69) is 23.9 Å². The molecule has 0 aliphatic heterocycles. The topological polar surface area (TPSA) is 66.0 Å². The minimum Gasteiger partial charge on any atom is -0.485 e. The second-order valence-electron chi connectivity index (χ2n) is 4.65.